The van der Waals surface area contributed by atoms with E-state index in [-0.39, 0.29) is 44.2 Å². The molecule has 0 fully saturated rings. The third-order valence-electron chi connectivity index (χ3n) is 6.13. The fourth-order valence-corrected chi connectivity index (χ4v) is 3.94. The zero-order valence-electron chi connectivity index (χ0n) is 28.0. The first-order valence-electron chi connectivity index (χ1n) is 16.0. The first-order chi connectivity index (χ1) is 19.3. The molecule has 0 aromatic heterocycles. The van der Waals surface area contributed by atoms with Gasteiger partial charge in [-0.15, -0.1) is 0 Å². The summed E-state index contributed by atoms with van der Waals surface area (Å²) in [6.07, 6.45) is 28.2. The van der Waals surface area contributed by atoms with Gasteiger partial charge in [-0.3, -0.25) is 9.11 Å². The molecule has 0 heterocycles. The van der Waals surface area contributed by atoms with E-state index in [0.717, 1.165) is 13.2 Å². The molecular weight excluding hydrogens is 559 g/mol. The van der Waals surface area contributed by atoms with Crippen LogP contribution < -0.4 is 29.6 Å². The topological polar surface area (TPSA) is 143 Å². The van der Waals surface area contributed by atoms with Crippen LogP contribution in [0.5, 0.6) is 0 Å². The fraction of sp³-hybridized carbons (Fsp3) is 1.00. The fourth-order valence-electron chi connectivity index (χ4n) is 3.94. The van der Waals surface area contributed by atoms with Crippen molar-refractivity contribution in [1.82, 2.24) is 0 Å². The Balaban J connectivity index is -0.000000222. The van der Waals surface area contributed by atoms with Crippen molar-refractivity contribution in [3.8, 4) is 0 Å². The number of aliphatic hydroxyl groups excluding tert-OH is 2. The monoisotopic (exact) mass is 626 g/mol. The number of ether oxygens (including phenoxy) is 3. The summed E-state index contributed by atoms with van der Waals surface area (Å²) in [5, 5.41) is 16.5. The zero-order valence-corrected chi connectivity index (χ0v) is 29.9. The van der Waals surface area contributed by atoms with Gasteiger partial charge >= 0.3 is 40.0 Å². The standard InChI is InChI=1S/C24H50O.C6H14O4.Na.H2O4S.H/c1-3-5-7-9-11-13-15-17-19-21-23-25-24-22-20-18-16-14-12-10-8-6-4-2;7-1-3-9-5-6-10-4-2-8;;1-5(2,3)4;/h3-24H2,1-2H3;7-8H,1-6H2;;(H2,1,2,3,4);/q;;+1;;-1. The van der Waals surface area contributed by atoms with Crippen LogP contribution in [-0.4, -0.2) is 80.6 Å². The molecule has 0 aromatic rings. The van der Waals surface area contributed by atoms with Crippen molar-refractivity contribution in [2.24, 2.45) is 0 Å². The maximum atomic E-state index is 8.74. The third-order valence-corrected chi connectivity index (χ3v) is 6.13. The Kier molecular flexibility index (Phi) is 53.4. The van der Waals surface area contributed by atoms with E-state index in [1.165, 1.54) is 128 Å². The van der Waals surface area contributed by atoms with E-state index in [1.807, 2.05) is 0 Å². The smallest absolute Gasteiger partial charge is 1.00 e. The van der Waals surface area contributed by atoms with Gasteiger partial charge in [-0.25, -0.2) is 0 Å². The molecule has 248 valence electrons. The van der Waals surface area contributed by atoms with E-state index in [1.54, 1.807) is 0 Å². The second kappa shape index (κ2) is 45.1. The molecule has 4 N–H and O–H groups in total. The molecule has 0 aliphatic rings. The number of rotatable bonds is 29. The van der Waals surface area contributed by atoms with Crippen LogP contribution in [0.4, 0.5) is 0 Å². The molecule has 0 spiro atoms. The van der Waals surface area contributed by atoms with E-state index in [9.17, 15) is 0 Å². The molecule has 0 rings (SSSR count). The first-order valence-corrected chi connectivity index (χ1v) is 17.4. The van der Waals surface area contributed by atoms with E-state index >= 15 is 0 Å². The Morgan fingerprint density at radius 1 is 0.439 bits per heavy atom. The van der Waals surface area contributed by atoms with Crippen LogP contribution in [-0.2, 0) is 24.6 Å². The van der Waals surface area contributed by atoms with Crippen LogP contribution in [0.1, 0.15) is 144 Å². The van der Waals surface area contributed by atoms with Gasteiger partial charge < -0.3 is 25.9 Å². The first kappa shape index (κ1) is 48.6. The quantitative estimate of drug-likeness (QED) is 0.0543. The van der Waals surface area contributed by atoms with Crippen molar-refractivity contribution in [1.29, 1.82) is 0 Å². The molecule has 0 atom stereocenters. The molecular formula is C30H67NaO9S. The minimum absolute atomic E-state index is 0. The predicted molar refractivity (Wildman–Crippen MR) is 166 cm³/mol. The van der Waals surface area contributed by atoms with Crippen LogP contribution in [0.25, 0.3) is 0 Å². The SMILES string of the molecule is CCCCCCCCCCCCOCCCCCCCCCCCC.O=S(=O)(O)O.OCCOCCOCCO.[H-].[Na+]. The van der Waals surface area contributed by atoms with Gasteiger partial charge in [0.2, 0.25) is 0 Å². The molecule has 0 aromatic carbocycles. The van der Waals surface area contributed by atoms with Crippen molar-refractivity contribution >= 4 is 10.4 Å². The maximum Gasteiger partial charge on any atom is 1.00 e. The summed E-state index contributed by atoms with van der Waals surface area (Å²) in [5.41, 5.74) is 0. The minimum Gasteiger partial charge on any atom is -1.00 e. The van der Waals surface area contributed by atoms with E-state index < -0.39 is 10.4 Å². The van der Waals surface area contributed by atoms with Gasteiger partial charge in [0.05, 0.1) is 39.6 Å². The molecule has 0 amide bonds. The molecule has 0 radical (unpaired) electrons. The molecule has 0 aliphatic heterocycles. The Labute approximate surface area is 277 Å². The van der Waals surface area contributed by atoms with E-state index in [0.29, 0.717) is 26.4 Å². The zero-order chi connectivity index (χ0) is 30.4. The summed E-state index contributed by atoms with van der Waals surface area (Å²) in [4.78, 5) is 0. The Hall–Kier alpha value is 0.670. The average molecular weight is 627 g/mol. The summed E-state index contributed by atoms with van der Waals surface area (Å²) in [6, 6.07) is 0. The number of unbranched alkanes of at least 4 members (excludes halogenated alkanes) is 18. The van der Waals surface area contributed by atoms with Gasteiger partial charge in [0.25, 0.3) is 0 Å². The van der Waals surface area contributed by atoms with Gasteiger partial charge in [0.1, 0.15) is 0 Å². The second-order valence-electron chi connectivity index (χ2n) is 10.1. The Morgan fingerprint density at radius 3 is 0.902 bits per heavy atom. The predicted octanol–water partition coefficient (Wildman–Crippen LogP) is 4.31. The average Bonchev–Trinajstić information content (AvgIpc) is 2.91. The number of hydrogen-bond acceptors (Lipinski definition) is 7. The number of hydrogen-bond donors (Lipinski definition) is 4. The molecule has 0 saturated heterocycles. The second-order valence-corrected chi connectivity index (χ2v) is 11.0. The van der Waals surface area contributed by atoms with Gasteiger partial charge in [-0.1, -0.05) is 129 Å². The van der Waals surface area contributed by atoms with Crippen molar-refractivity contribution < 1.29 is 72.9 Å². The van der Waals surface area contributed by atoms with Crippen LogP contribution in [0, 0.1) is 0 Å². The molecule has 0 aliphatic carbocycles. The van der Waals surface area contributed by atoms with Crippen molar-refractivity contribution in [2.45, 2.75) is 142 Å². The van der Waals surface area contributed by atoms with Gasteiger partial charge in [0.15, 0.2) is 0 Å². The van der Waals surface area contributed by atoms with E-state index in [4.69, 9.17) is 41.9 Å². The van der Waals surface area contributed by atoms with Crippen molar-refractivity contribution in [3.63, 3.8) is 0 Å². The molecule has 0 bridgehead atoms. The van der Waals surface area contributed by atoms with Gasteiger partial charge in [-0.05, 0) is 12.8 Å². The van der Waals surface area contributed by atoms with E-state index in [2.05, 4.69) is 13.8 Å². The van der Waals surface area contributed by atoms with Crippen LogP contribution >= 0.6 is 0 Å². The molecule has 0 saturated carbocycles. The van der Waals surface area contributed by atoms with Crippen LogP contribution in [0.15, 0.2) is 0 Å². The molecule has 41 heavy (non-hydrogen) atoms. The Bertz CT molecular complexity index is 495. The minimum atomic E-state index is -4.67. The maximum absolute atomic E-state index is 8.74. The Morgan fingerprint density at radius 2 is 0.659 bits per heavy atom. The summed E-state index contributed by atoms with van der Waals surface area (Å²) in [5.74, 6) is 0. The normalized spacial score (nSPS) is 10.8. The molecule has 0 unspecified atom stereocenters. The van der Waals surface area contributed by atoms with Gasteiger partial charge in [0, 0.05) is 13.2 Å². The summed E-state index contributed by atoms with van der Waals surface area (Å²) >= 11 is 0. The summed E-state index contributed by atoms with van der Waals surface area (Å²) in [7, 11) is -4.67. The van der Waals surface area contributed by atoms with Crippen molar-refractivity contribution in [2.75, 3.05) is 52.9 Å². The third kappa shape index (κ3) is 69.1. The summed E-state index contributed by atoms with van der Waals surface area (Å²) in [6.45, 7) is 8.30. The van der Waals surface area contributed by atoms with Crippen molar-refractivity contribution in [3.05, 3.63) is 0 Å². The molecule has 11 heteroatoms. The molecule has 9 nitrogen and oxygen atoms in total. The van der Waals surface area contributed by atoms with Gasteiger partial charge in [-0.2, -0.15) is 8.42 Å². The number of aliphatic hydroxyl groups is 2. The summed E-state index contributed by atoms with van der Waals surface area (Å²) < 4.78 is 47.1. The van der Waals surface area contributed by atoms with Crippen LogP contribution in [0.2, 0.25) is 0 Å². The largest absolute Gasteiger partial charge is 1.00 e. The van der Waals surface area contributed by atoms with Crippen LogP contribution in [0.3, 0.4) is 0 Å².